The van der Waals surface area contributed by atoms with Crippen LogP contribution in [0.5, 0.6) is 5.75 Å². The van der Waals surface area contributed by atoms with Crippen molar-refractivity contribution in [1.82, 2.24) is 30.0 Å². The molecule has 0 saturated carbocycles. The van der Waals surface area contributed by atoms with E-state index < -0.39 is 0 Å². The second kappa shape index (κ2) is 8.91. The summed E-state index contributed by atoms with van der Waals surface area (Å²) < 4.78 is 8.40. The molecule has 0 atom stereocenters. The van der Waals surface area contributed by atoms with Gasteiger partial charge in [0.25, 0.3) is 5.91 Å². The molecule has 2 aromatic heterocycles. The van der Waals surface area contributed by atoms with E-state index in [0.717, 1.165) is 42.0 Å². The molecule has 2 aliphatic heterocycles. The Morgan fingerprint density at radius 2 is 1.56 bits per heavy atom. The molecule has 2 aliphatic rings. The number of methoxy groups -OCH3 is 1. The van der Waals surface area contributed by atoms with Crippen LogP contribution in [0.4, 0.5) is 11.4 Å². The second-order valence-corrected chi connectivity index (χ2v) is 8.74. The van der Waals surface area contributed by atoms with Crippen molar-refractivity contribution < 1.29 is 14.3 Å². The number of carbonyl (C=O) groups is 2. The maximum absolute atomic E-state index is 13.9. The number of hydrogen-bond acceptors (Lipinski definition) is 7. The molecule has 6 rings (SSSR count). The van der Waals surface area contributed by atoms with Crippen LogP contribution in [0.2, 0.25) is 0 Å². The Bertz CT molecular complexity index is 1410. The second-order valence-electron chi connectivity index (χ2n) is 8.74. The molecule has 0 aliphatic carbocycles. The zero-order chi connectivity index (χ0) is 24.6. The Morgan fingerprint density at radius 1 is 0.833 bits per heavy atom. The zero-order valence-corrected chi connectivity index (χ0v) is 19.7. The molecule has 1 saturated heterocycles. The standard InChI is InChI=1S/C25H24N8O3/c1-36-20-11-9-19(10-12-20)33-23-21(24(27-33)32-16-26-28-29-32)13-15-31(25(23)35)18-7-5-17(6-8-18)30-14-3-2-4-22(30)34/h5-12,16H,2-4,13-15H2,1H3. The van der Waals surface area contributed by atoms with Crippen LogP contribution in [-0.4, -0.2) is 62.0 Å². The minimum Gasteiger partial charge on any atom is -0.497 e. The smallest absolute Gasteiger partial charge is 0.277 e. The highest BCUT2D eigenvalue weighted by Crippen LogP contribution is 2.32. The maximum atomic E-state index is 13.9. The lowest BCUT2D eigenvalue weighted by Gasteiger charge is -2.29. The summed E-state index contributed by atoms with van der Waals surface area (Å²) in [5.41, 5.74) is 3.60. The van der Waals surface area contributed by atoms with Crippen LogP contribution in [0.25, 0.3) is 11.5 Å². The van der Waals surface area contributed by atoms with E-state index in [1.165, 1.54) is 11.0 Å². The number of nitrogens with zero attached hydrogens (tertiary/aromatic N) is 8. The number of tetrazole rings is 1. The largest absolute Gasteiger partial charge is 0.497 e. The van der Waals surface area contributed by atoms with Crippen molar-refractivity contribution in [1.29, 1.82) is 0 Å². The van der Waals surface area contributed by atoms with Crippen molar-refractivity contribution in [3.8, 4) is 17.3 Å². The van der Waals surface area contributed by atoms with Crippen LogP contribution >= 0.6 is 0 Å². The predicted molar refractivity (Wildman–Crippen MR) is 131 cm³/mol. The number of piperidine rings is 1. The highest BCUT2D eigenvalue weighted by molar-refractivity contribution is 6.08. The van der Waals surface area contributed by atoms with Gasteiger partial charge in [0.15, 0.2) is 5.82 Å². The van der Waals surface area contributed by atoms with Gasteiger partial charge < -0.3 is 14.5 Å². The molecular weight excluding hydrogens is 460 g/mol. The summed E-state index contributed by atoms with van der Waals surface area (Å²) in [7, 11) is 1.61. The molecule has 2 aromatic carbocycles. The molecule has 182 valence electrons. The van der Waals surface area contributed by atoms with Gasteiger partial charge in [-0.3, -0.25) is 9.59 Å². The van der Waals surface area contributed by atoms with Gasteiger partial charge in [-0.05, 0) is 78.2 Å². The summed E-state index contributed by atoms with van der Waals surface area (Å²) >= 11 is 0. The molecule has 11 heteroatoms. The van der Waals surface area contributed by atoms with Crippen LogP contribution in [0.15, 0.2) is 54.9 Å². The first-order valence-corrected chi connectivity index (χ1v) is 11.9. The van der Waals surface area contributed by atoms with Crippen LogP contribution in [0.1, 0.15) is 35.3 Å². The van der Waals surface area contributed by atoms with E-state index in [1.807, 2.05) is 53.4 Å². The SMILES string of the molecule is COc1ccc(-n2nc(-n3cnnn3)c3c2C(=O)N(c2ccc(N4CCCCC4=O)cc2)CC3)cc1. The molecule has 11 nitrogen and oxygen atoms in total. The molecule has 0 radical (unpaired) electrons. The third-order valence-corrected chi connectivity index (χ3v) is 6.67. The zero-order valence-electron chi connectivity index (χ0n) is 19.7. The topological polar surface area (TPSA) is 111 Å². The minimum atomic E-state index is -0.166. The third kappa shape index (κ3) is 3.69. The Labute approximate surface area is 206 Å². The van der Waals surface area contributed by atoms with Gasteiger partial charge in [-0.1, -0.05) is 0 Å². The number of aromatic nitrogens is 6. The van der Waals surface area contributed by atoms with Crippen LogP contribution in [-0.2, 0) is 11.2 Å². The molecule has 4 heterocycles. The molecule has 0 spiro atoms. The number of benzene rings is 2. The summed E-state index contributed by atoms with van der Waals surface area (Å²) in [6.45, 7) is 1.21. The molecule has 36 heavy (non-hydrogen) atoms. The Balaban J connectivity index is 1.37. The van der Waals surface area contributed by atoms with Crippen LogP contribution in [0.3, 0.4) is 0 Å². The lowest BCUT2D eigenvalue weighted by Crippen LogP contribution is -2.39. The first kappa shape index (κ1) is 22.0. The van der Waals surface area contributed by atoms with E-state index in [4.69, 9.17) is 9.84 Å². The lowest BCUT2D eigenvalue weighted by molar-refractivity contribution is -0.119. The molecule has 0 unspecified atom stereocenters. The van der Waals surface area contributed by atoms with E-state index >= 15 is 0 Å². The summed E-state index contributed by atoms with van der Waals surface area (Å²) in [6.07, 6.45) is 4.57. The maximum Gasteiger partial charge on any atom is 0.277 e. The number of fused-ring (bicyclic) bond motifs is 1. The van der Waals surface area contributed by atoms with E-state index in [9.17, 15) is 9.59 Å². The fourth-order valence-corrected chi connectivity index (χ4v) is 4.83. The summed E-state index contributed by atoms with van der Waals surface area (Å²) in [4.78, 5) is 29.7. The van der Waals surface area contributed by atoms with E-state index in [2.05, 4.69) is 15.5 Å². The van der Waals surface area contributed by atoms with Gasteiger partial charge in [0.05, 0.1) is 12.8 Å². The predicted octanol–water partition coefficient (Wildman–Crippen LogP) is 2.58. The van der Waals surface area contributed by atoms with Gasteiger partial charge in [0.1, 0.15) is 17.8 Å². The fraction of sp³-hybridized carbons (Fsp3) is 0.280. The van der Waals surface area contributed by atoms with Crippen molar-refractivity contribution in [3.63, 3.8) is 0 Å². The number of rotatable bonds is 5. The van der Waals surface area contributed by atoms with Crippen molar-refractivity contribution in [2.45, 2.75) is 25.7 Å². The fourth-order valence-electron chi connectivity index (χ4n) is 4.83. The monoisotopic (exact) mass is 484 g/mol. The quantitative estimate of drug-likeness (QED) is 0.428. The Hall–Kier alpha value is -4.54. The number of hydrogen-bond donors (Lipinski definition) is 0. The molecule has 4 aromatic rings. The molecule has 1 fully saturated rings. The van der Waals surface area contributed by atoms with Crippen molar-refractivity contribution >= 4 is 23.2 Å². The van der Waals surface area contributed by atoms with Gasteiger partial charge >= 0.3 is 0 Å². The number of amides is 2. The van der Waals surface area contributed by atoms with Crippen molar-refractivity contribution in [2.24, 2.45) is 0 Å². The first-order valence-electron chi connectivity index (χ1n) is 11.9. The van der Waals surface area contributed by atoms with Crippen LogP contribution in [0, 0.1) is 0 Å². The lowest BCUT2D eigenvalue weighted by atomic mass is 10.0. The third-order valence-electron chi connectivity index (χ3n) is 6.67. The summed E-state index contributed by atoms with van der Waals surface area (Å²) in [6, 6.07) is 15.0. The van der Waals surface area contributed by atoms with Gasteiger partial charge in [0.2, 0.25) is 5.91 Å². The Kier molecular flexibility index (Phi) is 5.44. The number of ether oxygens (including phenoxy) is 1. The van der Waals surface area contributed by atoms with E-state index in [0.29, 0.717) is 36.6 Å². The highest BCUT2D eigenvalue weighted by atomic mass is 16.5. The molecule has 2 amide bonds. The van der Waals surface area contributed by atoms with Gasteiger partial charge in [-0.25, -0.2) is 4.68 Å². The summed E-state index contributed by atoms with van der Waals surface area (Å²) in [5.74, 6) is 1.21. The normalized spacial score (nSPS) is 15.8. The minimum absolute atomic E-state index is 0.145. The molecule has 0 bridgehead atoms. The average molecular weight is 485 g/mol. The summed E-state index contributed by atoms with van der Waals surface area (Å²) in [5, 5.41) is 16.2. The first-order chi connectivity index (χ1) is 17.6. The Morgan fingerprint density at radius 3 is 2.22 bits per heavy atom. The van der Waals surface area contributed by atoms with E-state index in [-0.39, 0.29) is 11.8 Å². The van der Waals surface area contributed by atoms with Crippen molar-refractivity contribution in [2.75, 3.05) is 30.0 Å². The highest BCUT2D eigenvalue weighted by Gasteiger charge is 2.34. The molecular formula is C25H24N8O3. The van der Waals surface area contributed by atoms with E-state index in [1.54, 1.807) is 16.7 Å². The van der Waals surface area contributed by atoms with Crippen LogP contribution < -0.4 is 14.5 Å². The van der Waals surface area contributed by atoms with Gasteiger partial charge in [0, 0.05) is 36.4 Å². The average Bonchev–Trinajstić information content (AvgIpc) is 3.58. The number of anilines is 2. The number of carbonyl (C=O) groups excluding carboxylic acids is 2. The van der Waals surface area contributed by atoms with Gasteiger partial charge in [-0.2, -0.15) is 4.68 Å². The van der Waals surface area contributed by atoms with Crippen molar-refractivity contribution in [3.05, 3.63) is 66.1 Å². The molecule has 0 N–H and O–H groups in total. The van der Waals surface area contributed by atoms with Gasteiger partial charge in [-0.15, -0.1) is 10.2 Å².